The van der Waals surface area contributed by atoms with Crippen LogP contribution in [0.15, 0.2) is 79.0 Å². The number of benzene rings is 2. The van der Waals surface area contributed by atoms with Gasteiger partial charge in [-0.1, -0.05) is 66.7 Å². The van der Waals surface area contributed by atoms with Crippen LogP contribution in [-0.2, 0) is 0 Å². The van der Waals surface area contributed by atoms with E-state index in [1.807, 2.05) is 73.7 Å². The average Bonchev–Trinajstić information content (AvgIpc) is 2.63. The Balaban J connectivity index is 1.79. The summed E-state index contributed by atoms with van der Waals surface area (Å²) in [5, 5.41) is 5.80. The number of carbonyl (C=O) groups is 1. The zero-order valence-electron chi connectivity index (χ0n) is 13.4. The summed E-state index contributed by atoms with van der Waals surface area (Å²) in [4.78, 5) is 16.6. The summed E-state index contributed by atoms with van der Waals surface area (Å²) >= 11 is 0. The minimum absolute atomic E-state index is 0.224. The van der Waals surface area contributed by atoms with Crippen molar-refractivity contribution in [3.8, 4) is 0 Å². The van der Waals surface area contributed by atoms with Crippen LogP contribution >= 0.6 is 0 Å². The van der Waals surface area contributed by atoms with Gasteiger partial charge in [-0.2, -0.15) is 0 Å². The van der Waals surface area contributed by atoms with Crippen molar-refractivity contribution >= 4 is 11.8 Å². The van der Waals surface area contributed by atoms with E-state index in [4.69, 9.17) is 0 Å². The molecular formula is C20H19N3O. The van der Waals surface area contributed by atoms with Crippen LogP contribution in [0, 0.1) is 6.92 Å². The molecule has 1 heterocycles. The second-order valence-corrected chi connectivity index (χ2v) is 5.57. The van der Waals surface area contributed by atoms with Crippen molar-refractivity contribution in [3.63, 3.8) is 0 Å². The van der Waals surface area contributed by atoms with E-state index >= 15 is 0 Å². The number of pyridine rings is 1. The van der Waals surface area contributed by atoms with Gasteiger partial charge < -0.3 is 5.32 Å². The lowest BCUT2D eigenvalue weighted by Crippen LogP contribution is -2.33. The minimum atomic E-state index is -0.288. The van der Waals surface area contributed by atoms with Gasteiger partial charge in [0.05, 0.1) is 6.04 Å². The molecule has 0 radical (unpaired) electrons. The molecule has 0 aliphatic carbocycles. The molecule has 4 nitrogen and oxygen atoms in total. The predicted molar refractivity (Wildman–Crippen MR) is 95.9 cm³/mol. The molecule has 24 heavy (non-hydrogen) atoms. The van der Waals surface area contributed by atoms with Gasteiger partial charge >= 0.3 is 6.03 Å². The van der Waals surface area contributed by atoms with Crippen LogP contribution in [0.4, 0.5) is 10.6 Å². The number of nitrogens with one attached hydrogen (secondary N) is 2. The Morgan fingerprint density at radius 3 is 1.96 bits per heavy atom. The van der Waals surface area contributed by atoms with E-state index in [1.165, 1.54) is 0 Å². The Kier molecular flexibility index (Phi) is 4.87. The first-order valence-electron chi connectivity index (χ1n) is 7.82. The highest BCUT2D eigenvalue weighted by molar-refractivity contribution is 5.88. The molecule has 1 aromatic heterocycles. The van der Waals surface area contributed by atoms with Crippen LogP contribution in [0.1, 0.15) is 22.7 Å². The van der Waals surface area contributed by atoms with Crippen molar-refractivity contribution in [2.75, 3.05) is 5.32 Å². The lowest BCUT2D eigenvalue weighted by molar-refractivity contribution is 0.250. The Morgan fingerprint density at radius 2 is 1.46 bits per heavy atom. The molecule has 3 rings (SSSR count). The lowest BCUT2D eigenvalue weighted by Gasteiger charge is -2.20. The topological polar surface area (TPSA) is 54.0 Å². The Labute approximate surface area is 141 Å². The summed E-state index contributed by atoms with van der Waals surface area (Å²) in [5.41, 5.74) is 3.10. The fourth-order valence-corrected chi connectivity index (χ4v) is 2.48. The van der Waals surface area contributed by atoms with Gasteiger partial charge in [0.25, 0.3) is 0 Å². The molecule has 0 fully saturated rings. The quantitative estimate of drug-likeness (QED) is 0.753. The highest BCUT2D eigenvalue weighted by Crippen LogP contribution is 2.21. The highest BCUT2D eigenvalue weighted by atomic mass is 16.2. The Morgan fingerprint density at radius 1 is 0.875 bits per heavy atom. The number of aromatic nitrogens is 1. The zero-order valence-corrected chi connectivity index (χ0v) is 13.4. The number of aryl methyl sites for hydroxylation is 1. The molecule has 0 saturated heterocycles. The standard InChI is InChI=1S/C20H19N3O/c1-15-12-13-18(21-14-15)22-20(24)23-19(16-8-4-2-5-9-16)17-10-6-3-7-11-17/h2-14,19H,1H3,(H2,21,22,23,24). The monoisotopic (exact) mass is 317 g/mol. The largest absolute Gasteiger partial charge is 0.327 e. The lowest BCUT2D eigenvalue weighted by atomic mass is 9.99. The van der Waals surface area contributed by atoms with E-state index in [0.717, 1.165) is 16.7 Å². The van der Waals surface area contributed by atoms with E-state index in [9.17, 15) is 4.79 Å². The smallest absolute Gasteiger partial charge is 0.321 e. The van der Waals surface area contributed by atoms with Gasteiger partial charge in [-0.05, 0) is 29.7 Å². The fraction of sp³-hybridized carbons (Fsp3) is 0.100. The summed E-state index contributed by atoms with van der Waals surface area (Å²) in [7, 11) is 0. The maximum absolute atomic E-state index is 12.4. The van der Waals surface area contributed by atoms with Crippen LogP contribution in [0.25, 0.3) is 0 Å². The number of anilines is 1. The fourth-order valence-electron chi connectivity index (χ4n) is 2.48. The van der Waals surface area contributed by atoms with Gasteiger partial charge in [0.15, 0.2) is 0 Å². The van der Waals surface area contributed by atoms with Crippen molar-refractivity contribution in [1.29, 1.82) is 0 Å². The van der Waals surface area contributed by atoms with Gasteiger partial charge in [-0.3, -0.25) is 5.32 Å². The highest BCUT2D eigenvalue weighted by Gasteiger charge is 2.16. The summed E-state index contributed by atoms with van der Waals surface area (Å²) in [5.74, 6) is 0.526. The van der Waals surface area contributed by atoms with Gasteiger partial charge in [0.1, 0.15) is 5.82 Å². The third kappa shape index (κ3) is 3.98. The van der Waals surface area contributed by atoms with E-state index in [2.05, 4.69) is 15.6 Å². The van der Waals surface area contributed by atoms with E-state index in [1.54, 1.807) is 12.3 Å². The third-order valence-electron chi connectivity index (χ3n) is 3.69. The van der Waals surface area contributed by atoms with Crippen molar-refractivity contribution in [3.05, 3.63) is 95.7 Å². The van der Waals surface area contributed by atoms with Crippen LogP contribution in [0.2, 0.25) is 0 Å². The molecule has 4 heteroatoms. The van der Waals surface area contributed by atoms with Crippen LogP contribution in [-0.4, -0.2) is 11.0 Å². The van der Waals surface area contributed by atoms with E-state index in [0.29, 0.717) is 5.82 Å². The maximum atomic E-state index is 12.4. The van der Waals surface area contributed by atoms with Gasteiger partial charge in [-0.15, -0.1) is 0 Å². The zero-order chi connectivity index (χ0) is 16.8. The molecule has 0 bridgehead atoms. The summed E-state index contributed by atoms with van der Waals surface area (Å²) < 4.78 is 0. The first-order valence-corrected chi connectivity index (χ1v) is 7.82. The van der Waals surface area contributed by atoms with Crippen LogP contribution < -0.4 is 10.6 Å². The average molecular weight is 317 g/mol. The molecule has 0 unspecified atom stereocenters. The number of amides is 2. The molecule has 0 atom stereocenters. The van der Waals surface area contributed by atoms with Crippen molar-refractivity contribution < 1.29 is 4.79 Å². The number of carbonyl (C=O) groups excluding carboxylic acids is 1. The summed E-state index contributed by atoms with van der Waals surface area (Å²) in [6.45, 7) is 1.96. The molecular weight excluding hydrogens is 298 g/mol. The normalized spacial score (nSPS) is 10.4. The first kappa shape index (κ1) is 15.7. The molecule has 2 amide bonds. The summed E-state index contributed by atoms with van der Waals surface area (Å²) in [6.07, 6.45) is 1.72. The molecule has 3 aromatic rings. The molecule has 2 aromatic carbocycles. The van der Waals surface area contributed by atoms with E-state index < -0.39 is 0 Å². The van der Waals surface area contributed by atoms with Gasteiger partial charge in [0.2, 0.25) is 0 Å². The van der Waals surface area contributed by atoms with Gasteiger partial charge in [0, 0.05) is 6.20 Å². The molecule has 0 spiro atoms. The van der Waals surface area contributed by atoms with Crippen LogP contribution in [0.3, 0.4) is 0 Å². The number of rotatable bonds is 4. The first-order chi connectivity index (χ1) is 11.7. The predicted octanol–water partition coefficient (Wildman–Crippen LogP) is 4.30. The number of nitrogens with zero attached hydrogens (tertiary/aromatic N) is 1. The van der Waals surface area contributed by atoms with Gasteiger partial charge in [-0.25, -0.2) is 9.78 Å². The Hall–Kier alpha value is -3.14. The molecule has 2 N–H and O–H groups in total. The number of urea groups is 1. The number of hydrogen-bond donors (Lipinski definition) is 2. The Bertz CT molecular complexity index is 747. The van der Waals surface area contributed by atoms with E-state index in [-0.39, 0.29) is 12.1 Å². The summed E-state index contributed by atoms with van der Waals surface area (Å²) in [6, 6.07) is 23.0. The molecule has 0 saturated carbocycles. The second-order valence-electron chi connectivity index (χ2n) is 5.57. The second kappa shape index (κ2) is 7.42. The molecule has 120 valence electrons. The minimum Gasteiger partial charge on any atom is -0.327 e. The maximum Gasteiger partial charge on any atom is 0.321 e. The number of hydrogen-bond acceptors (Lipinski definition) is 2. The van der Waals surface area contributed by atoms with Crippen molar-refractivity contribution in [2.24, 2.45) is 0 Å². The van der Waals surface area contributed by atoms with Crippen molar-refractivity contribution in [2.45, 2.75) is 13.0 Å². The SMILES string of the molecule is Cc1ccc(NC(=O)NC(c2ccccc2)c2ccccc2)nc1. The van der Waals surface area contributed by atoms with Crippen LogP contribution in [0.5, 0.6) is 0 Å². The third-order valence-corrected chi connectivity index (χ3v) is 3.69. The molecule has 0 aliphatic rings. The van der Waals surface area contributed by atoms with Crippen molar-refractivity contribution in [1.82, 2.24) is 10.3 Å². The molecule has 0 aliphatic heterocycles.